The summed E-state index contributed by atoms with van der Waals surface area (Å²) >= 11 is 0. The van der Waals surface area contributed by atoms with Crippen LogP contribution >= 0.6 is 0 Å². The van der Waals surface area contributed by atoms with Crippen molar-refractivity contribution < 1.29 is 13.9 Å². The van der Waals surface area contributed by atoms with Gasteiger partial charge in [0.2, 0.25) is 0 Å². The SMILES string of the molecule is [C-]#[N+]C1(C(=O)OC)Cc2ccc(F)cc2C1. The summed E-state index contributed by atoms with van der Waals surface area (Å²) in [6.45, 7) is 7.14. The van der Waals surface area contributed by atoms with Gasteiger partial charge in [-0.1, -0.05) is 6.07 Å². The maximum atomic E-state index is 13.0. The molecule has 1 atom stereocenters. The van der Waals surface area contributed by atoms with Gasteiger partial charge in [0, 0.05) is 0 Å². The zero-order chi connectivity index (χ0) is 11.8. The summed E-state index contributed by atoms with van der Waals surface area (Å²) in [5, 5.41) is 0. The Morgan fingerprint density at radius 3 is 2.81 bits per heavy atom. The van der Waals surface area contributed by atoms with Gasteiger partial charge in [-0.15, -0.1) is 0 Å². The van der Waals surface area contributed by atoms with Crippen molar-refractivity contribution in [3.05, 3.63) is 46.6 Å². The Morgan fingerprint density at radius 2 is 2.19 bits per heavy atom. The Hall–Kier alpha value is -1.89. The molecule has 4 heteroatoms. The molecule has 1 aromatic carbocycles. The molecule has 0 aromatic heterocycles. The quantitative estimate of drug-likeness (QED) is 0.532. The maximum Gasteiger partial charge on any atom is 0.393 e. The molecular formula is C12H10FNO2. The van der Waals surface area contributed by atoms with Crippen molar-refractivity contribution in [2.45, 2.75) is 18.4 Å². The molecule has 0 amide bonds. The number of methoxy groups -OCH3 is 1. The largest absolute Gasteiger partial charge is 0.463 e. The first-order valence-corrected chi connectivity index (χ1v) is 4.85. The summed E-state index contributed by atoms with van der Waals surface area (Å²) in [5.74, 6) is -0.886. The van der Waals surface area contributed by atoms with E-state index in [1.54, 1.807) is 6.07 Å². The van der Waals surface area contributed by atoms with Gasteiger partial charge < -0.3 is 4.74 Å². The predicted octanol–water partition coefficient (Wildman–Crippen LogP) is 1.76. The first kappa shape index (κ1) is 10.6. The highest BCUT2D eigenvalue weighted by Gasteiger charge is 2.51. The highest BCUT2D eigenvalue weighted by Crippen LogP contribution is 2.34. The molecule has 0 heterocycles. The molecule has 0 spiro atoms. The molecule has 0 radical (unpaired) electrons. The van der Waals surface area contributed by atoms with Crippen molar-refractivity contribution in [1.82, 2.24) is 0 Å². The number of carbonyl (C=O) groups is 1. The molecule has 1 aliphatic rings. The monoisotopic (exact) mass is 219 g/mol. The Morgan fingerprint density at radius 1 is 1.50 bits per heavy atom. The molecule has 0 saturated heterocycles. The van der Waals surface area contributed by atoms with E-state index in [2.05, 4.69) is 9.58 Å². The minimum atomic E-state index is -1.19. The zero-order valence-electron chi connectivity index (χ0n) is 8.79. The van der Waals surface area contributed by atoms with Gasteiger partial charge in [0.05, 0.1) is 20.0 Å². The lowest BCUT2D eigenvalue weighted by Gasteiger charge is -2.11. The zero-order valence-corrected chi connectivity index (χ0v) is 8.79. The Kier molecular flexibility index (Phi) is 2.39. The number of carbonyl (C=O) groups excluding carboxylic acids is 1. The highest BCUT2D eigenvalue weighted by molar-refractivity contribution is 5.85. The number of hydrogen-bond acceptors (Lipinski definition) is 2. The van der Waals surface area contributed by atoms with Crippen LogP contribution in [0.15, 0.2) is 18.2 Å². The summed E-state index contributed by atoms with van der Waals surface area (Å²) in [6.07, 6.45) is 0.537. The number of fused-ring (bicyclic) bond motifs is 1. The number of benzene rings is 1. The molecule has 3 nitrogen and oxygen atoms in total. The van der Waals surface area contributed by atoms with Crippen LogP contribution < -0.4 is 0 Å². The summed E-state index contributed by atoms with van der Waals surface area (Å²) in [5.41, 5.74) is 0.384. The van der Waals surface area contributed by atoms with Gasteiger partial charge in [-0.25, -0.2) is 15.8 Å². The fraction of sp³-hybridized carbons (Fsp3) is 0.333. The fourth-order valence-corrected chi connectivity index (χ4v) is 2.08. The van der Waals surface area contributed by atoms with E-state index in [1.165, 1.54) is 19.2 Å². The van der Waals surface area contributed by atoms with Crippen molar-refractivity contribution in [1.29, 1.82) is 0 Å². The molecule has 1 aromatic rings. The van der Waals surface area contributed by atoms with E-state index in [4.69, 9.17) is 6.57 Å². The third-order valence-electron chi connectivity index (χ3n) is 2.91. The van der Waals surface area contributed by atoms with Crippen molar-refractivity contribution >= 4 is 5.97 Å². The minimum Gasteiger partial charge on any atom is -0.463 e. The van der Waals surface area contributed by atoms with Crippen molar-refractivity contribution in [3.63, 3.8) is 0 Å². The highest BCUT2D eigenvalue weighted by atomic mass is 19.1. The van der Waals surface area contributed by atoms with Crippen LogP contribution in [0.4, 0.5) is 4.39 Å². The second-order valence-electron chi connectivity index (χ2n) is 3.90. The van der Waals surface area contributed by atoms with E-state index < -0.39 is 11.5 Å². The van der Waals surface area contributed by atoms with Crippen LogP contribution in [0.3, 0.4) is 0 Å². The van der Waals surface area contributed by atoms with E-state index in [-0.39, 0.29) is 12.2 Å². The molecule has 0 bridgehead atoms. The number of halogens is 1. The van der Waals surface area contributed by atoms with Crippen LogP contribution in [0, 0.1) is 12.4 Å². The first-order chi connectivity index (χ1) is 7.61. The van der Waals surface area contributed by atoms with Gasteiger partial charge in [0.15, 0.2) is 0 Å². The summed E-state index contributed by atoms with van der Waals surface area (Å²) in [6, 6.07) is 4.35. The van der Waals surface area contributed by atoms with Crippen molar-refractivity contribution in [2.75, 3.05) is 7.11 Å². The van der Waals surface area contributed by atoms with E-state index in [9.17, 15) is 9.18 Å². The van der Waals surface area contributed by atoms with Gasteiger partial charge >= 0.3 is 11.5 Å². The molecule has 0 aliphatic heterocycles. The number of nitrogens with zero attached hydrogens (tertiary/aromatic N) is 1. The molecule has 0 N–H and O–H groups in total. The van der Waals surface area contributed by atoms with E-state index in [1.807, 2.05) is 0 Å². The van der Waals surface area contributed by atoms with Crippen molar-refractivity contribution in [3.8, 4) is 0 Å². The van der Waals surface area contributed by atoms with Crippen LogP contribution in [0.1, 0.15) is 11.1 Å². The van der Waals surface area contributed by atoms with Gasteiger partial charge in [-0.05, 0) is 23.3 Å². The lowest BCUT2D eigenvalue weighted by molar-refractivity contribution is -0.145. The van der Waals surface area contributed by atoms with Gasteiger partial charge in [0.25, 0.3) is 0 Å². The van der Waals surface area contributed by atoms with E-state index in [0.29, 0.717) is 6.42 Å². The Labute approximate surface area is 92.7 Å². The average molecular weight is 219 g/mol. The molecule has 82 valence electrons. The Bertz CT molecular complexity index is 492. The molecule has 2 rings (SSSR count). The summed E-state index contributed by atoms with van der Waals surface area (Å²) in [7, 11) is 1.26. The molecular weight excluding hydrogens is 209 g/mol. The van der Waals surface area contributed by atoms with Crippen LogP contribution in [0.2, 0.25) is 0 Å². The lowest BCUT2D eigenvalue weighted by Crippen LogP contribution is -2.37. The molecule has 1 aliphatic carbocycles. The molecule has 0 fully saturated rings. The van der Waals surface area contributed by atoms with Crippen LogP contribution in [0.25, 0.3) is 4.85 Å². The van der Waals surface area contributed by atoms with Crippen LogP contribution in [-0.4, -0.2) is 18.6 Å². The Balaban J connectivity index is 2.40. The van der Waals surface area contributed by atoms with Gasteiger partial charge in [-0.2, -0.15) is 0 Å². The van der Waals surface area contributed by atoms with Crippen LogP contribution in [-0.2, 0) is 22.4 Å². The number of hydrogen-bond donors (Lipinski definition) is 0. The normalized spacial score (nSPS) is 22.3. The maximum absolute atomic E-state index is 13.0. The second-order valence-corrected chi connectivity index (χ2v) is 3.90. The lowest BCUT2D eigenvalue weighted by atomic mass is 9.97. The number of rotatable bonds is 1. The van der Waals surface area contributed by atoms with Crippen molar-refractivity contribution in [2.24, 2.45) is 0 Å². The fourth-order valence-electron chi connectivity index (χ4n) is 2.08. The molecule has 0 saturated carbocycles. The topological polar surface area (TPSA) is 30.7 Å². The third kappa shape index (κ3) is 1.45. The molecule has 16 heavy (non-hydrogen) atoms. The number of ether oxygens (including phenoxy) is 1. The number of esters is 1. The summed E-state index contributed by atoms with van der Waals surface area (Å²) in [4.78, 5) is 15.0. The van der Waals surface area contributed by atoms with E-state index in [0.717, 1.165) is 11.1 Å². The smallest absolute Gasteiger partial charge is 0.393 e. The average Bonchev–Trinajstić information content (AvgIpc) is 2.67. The standard InChI is InChI=1S/C12H10FNO2/c1-14-12(11(15)16-2)6-8-3-4-10(13)5-9(8)7-12/h3-5H,6-7H2,2H3. The van der Waals surface area contributed by atoms with Gasteiger partial charge in [0.1, 0.15) is 5.82 Å². The third-order valence-corrected chi connectivity index (χ3v) is 2.91. The van der Waals surface area contributed by atoms with E-state index >= 15 is 0 Å². The van der Waals surface area contributed by atoms with Crippen LogP contribution in [0.5, 0.6) is 0 Å². The molecule has 1 unspecified atom stereocenters. The minimum absolute atomic E-state index is 0.232. The second kappa shape index (κ2) is 3.60. The van der Waals surface area contributed by atoms with Gasteiger partial charge in [-0.3, -0.25) is 4.85 Å². The summed E-state index contributed by atoms with van der Waals surface area (Å²) < 4.78 is 17.7. The predicted molar refractivity (Wildman–Crippen MR) is 55.2 cm³/mol. The first-order valence-electron chi connectivity index (χ1n) is 4.85.